The minimum absolute atomic E-state index is 0.0343. The minimum Gasteiger partial charge on any atom is -0.462 e. The lowest BCUT2D eigenvalue weighted by Crippen LogP contribution is -2.27. The lowest BCUT2D eigenvalue weighted by atomic mass is 9.96. The molecule has 2 aliphatic carbocycles. The summed E-state index contributed by atoms with van der Waals surface area (Å²) in [6.07, 6.45) is 8.38. The Kier molecular flexibility index (Phi) is 12.9. The van der Waals surface area contributed by atoms with Crippen LogP contribution < -0.4 is 9.47 Å². The molecule has 0 aliphatic heterocycles. The molecule has 0 N–H and O–H groups in total. The molecule has 0 heterocycles. The van der Waals surface area contributed by atoms with Crippen molar-refractivity contribution in [2.45, 2.75) is 79.1 Å². The maximum Gasteiger partial charge on any atom is 0.423 e. The molecule has 2 unspecified atom stereocenters. The minimum atomic E-state index is -1.64. The summed E-state index contributed by atoms with van der Waals surface area (Å²) in [5, 5.41) is -1.47. The van der Waals surface area contributed by atoms with Crippen LogP contribution in [0.4, 0.5) is 0 Å². The van der Waals surface area contributed by atoms with E-state index in [1.165, 1.54) is 25.7 Å². The average molecular weight is 785 g/mol. The molecule has 0 saturated heterocycles. The monoisotopic (exact) mass is 782 g/mol. The maximum atomic E-state index is 13.2. The first-order valence-corrected chi connectivity index (χ1v) is 17.8. The average Bonchev–Trinajstić information content (AvgIpc) is 3.96. The summed E-state index contributed by atoms with van der Waals surface area (Å²) in [6, 6.07) is 2.26. The number of halogens is 6. The Balaban J connectivity index is 1.47. The second kappa shape index (κ2) is 15.9. The lowest BCUT2D eigenvalue weighted by Gasteiger charge is -2.18. The standard InChI is InChI=1S/C34H36Cl6O8/c1-17(5-7-33(3)9-10-33)15-45-29(41)23-25(39)19(35)13-21(37)27(23)47-31(43)32(44)48-28-22(38)14-20(36)26(40)24(28)30(42)46-16-18(2)6-8-34(4)11-12-34/h13-14,17-18H,5-12,15-16H2,1-4H3. The van der Waals surface area contributed by atoms with Gasteiger partial charge in [-0.05, 0) is 86.2 Å². The van der Waals surface area contributed by atoms with Crippen LogP contribution >= 0.6 is 69.6 Å². The molecule has 0 aromatic heterocycles. The highest BCUT2D eigenvalue weighted by Gasteiger charge is 2.38. The summed E-state index contributed by atoms with van der Waals surface area (Å²) in [7, 11) is 0. The number of esters is 4. The van der Waals surface area contributed by atoms with Crippen LogP contribution in [0.3, 0.4) is 0 Å². The molecular formula is C34H36Cl6O8. The fourth-order valence-corrected chi connectivity index (χ4v) is 6.29. The molecule has 2 aliphatic rings. The first-order valence-electron chi connectivity index (χ1n) is 15.6. The highest BCUT2D eigenvalue weighted by molar-refractivity contribution is 6.47. The van der Waals surface area contributed by atoms with Crippen molar-refractivity contribution in [2.24, 2.45) is 22.7 Å². The van der Waals surface area contributed by atoms with Gasteiger partial charge in [0, 0.05) is 0 Å². The van der Waals surface area contributed by atoms with Crippen molar-refractivity contribution in [3.63, 3.8) is 0 Å². The second-order valence-corrected chi connectivity index (χ2v) is 16.0. The molecule has 14 heteroatoms. The van der Waals surface area contributed by atoms with Gasteiger partial charge in [0.1, 0.15) is 11.1 Å². The highest BCUT2D eigenvalue weighted by Crippen LogP contribution is 2.50. The van der Waals surface area contributed by atoms with Gasteiger partial charge in [-0.1, -0.05) is 97.3 Å². The fraction of sp³-hybridized carbons (Fsp3) is 0.529. The number of ether oxygens (including phenoxy) is 4. The molecule has 2 atom stereocenters. The molecule has 0 radical (unpaired) electrons. The zero-order valence-corrected chi connectivity index (χ0v) is 31.4. The predicted molar refractivity (Wildman–Crippen MR) is 186 cm³/mol. The normalized spacial score (nSPS) is 16.8. The van der Waals surface area contributed by atoms with E-state index in [1.54, 1.807) is 0 Å². The smallest absolute Gasteiger partial charge is 0.423 e. The van der Waals surface area contributed by atoms with Gasteiger partial charge in [0.2, 0.25) is 0 Å². The van der Waals surface area contributed by atoms with E-state index in [-0.39, 0.29) is 55.2 Å². The van der Waals surface area contributed by atoms with E-state index in [1.807, 2.05) is 13.8 Å². The van der Waals surface area contributed by atoms with Crippen molar-refractivity contribution >= 4 is 93.5 Å². The van der Waals surface area contributed by atoms with Crippen LogP contribution in [0.2, 0.25) is 30.1 Å². The summed E-state index contributed by atoms with van der Waals surface area (Å²) in [4.78, 5) is 52.3. The quantitative estimate of drug-likeness (QED) is 0.0807. The number of benzene rings is 2. The highest BCUT2D eigenvalue weighted by atomic mass is 35.5. The summed E-state index contributed by atoms with van der Waals surface area (Å²) in [6.45, 7) is 8.42. The Labute approximate surface area is 309 Å². The third-order valence-electron chi connectivity index (χ3n) is 8.90. The zero-order valence-electron chi connectivity index (χ0n) is 26.9. The van der Waals surface area contributed by atoms with E-state index < -0.39 is 46.5 Å². The van der Waals surface area contributed by atoms with Crippen molar-refractivity contribution < 1.29 is 38.1 Å². The van der Waals surface area contributed by atoms with Gasteiger partial charge < -0.3 is 18.9 Å². The van der Waals surface area contributed by atoms with E-state index in [2.05, 4.69) is 13.8 Å². The first-order chi connectivity index (χ1) is 22.4. The van der Waals surface area contributed by atoms with E-state index >= 15 is 0 Å². The van der Waals surface area contributed by atoms with Crippen molar-refractivity contribution in [3.8, 4) is 11.5 Å². The third-order valence-corrected chi connectivity index (χ3v) is 11.0. The number of hydrogen-bond donors (Lipinski definition) is 0. The van der Waals surface area contributed by atoms with Crippen LogP contribution in [0.5, 0.6) is 11.5 Å². The topological polar surface area (TPSA) is 105 Å². The Morgan fingerprint density at radius 1 is 0.625 bits per heavy atom. The Morgan fingerprint density at radius 2 is 0.958 bits per heavy atom. The number of rotatable bonds is 14. The Morgan fingerprint density at radius 3 is 1.27 bits per heavy atom. The van der Waals surface area contributed by atoms with Gasteiger partial charge in [-0.2, -0.15) is 0 Å². The van der Waals surface area contributed by atoms with Crippen LogP contribution in [0.15, 0.2) is 12.1 Å². The van der Waals surface area contributed by atoms with Crippen molar-refractivity contribution in [1.82, 2.24) is 0 Å². The Hall–Kier alpha value is -1.94. The van der Waals surface area contributed by atoms with Gasteiger partial charge in [0.15, 0.2) is 11.5 Å². The lowest BCUT2D eigenvalue weighted by molar-refractivity contribution is -0.156. The maximum absolute atomic E-state index is 13.2. The zero-order chi connectivity index (χ0) is 35.6. The summed E-state index contributed by atoms with van der Waals surface area (Å²) in [5.74, 6) is -6.31. The van der Waals surface area contributed by atoms with Crippen LogP contribution in [0, 0.1) is 22.7 Å². The molecule has 4 rings (SSSR count). The van der Waals surface area contributed by atoms with Gasteiger partial charge in [-0.3, -0.25) is 0 Å². The van der Waals surface area contributed by atoms with Gasteiger partial charge in [0.05, 0.1) is 43.3 Å². The molecule has 2 aromatic rings. The van der Waals surface area contributed by atoms with Gasteiger partial charge in [0.25, 0.3) is 0 Å². The van der Waals surface area contributed by atoms with Crippen LogP contribution in [-0.4, -0.2) is 37.1 Å². The summed E-state index contributed by atoms with van der Waals surface area (Å²) >= 11 is 37.5. The molecule has 2 fully saturated rings. The third kappa shape index (κ3) is 10.1. The molecule has 8 nitrogen and oxygen atoms in total. The van der Waals surface area contributed by atoms with E-state index in [9.17, 15) is 19.2 Å². The molecule has 0 spiro atoms. The predicted octanol–water partition coefficient (Wildman–Crippen LogP) is 10.9. The SMILES string of the molecule is CC(CCC1(C)CC1)COC(=O)c1c(Cl)c(Cl)cc(Cl)c1OC(=O)C(=O)Oc1c(Cl)cc(Cl)c(Cl)c1C(=O)OCC(C)CCC1(C)CC1. The molecular weight excluding hydrogens is 749 g/mol. The molecule has 0 bridgehead atoms. The first kappa shape index (κ1) is 38.9. The van der Waals surface area contributed by atoms with Gasteiger partial charge >= 0.3 is 23.9 Å². The molecule has 2 aromatic carbocycles. The van der Waals surface area contributed by atoms with Crippen molar-refractivity contribution in [3.05, 3.63) is 53.4 Å². The largest absolute Gasteiger partial charge is 0.462 e. The van der Waals surface area contributed by atoms with E-state index in [0.717, 1.165) is 37.8 Å². The number of carbonyl (C=O) groups is 4. The van der Waals surface area contributed by atoms with Crippen LogP contribution in [-0.2, 0) is 19.1 Å². The number of hydrogen-bond acceptors (Lipinski definition) is 8. The van der Waals surface area contributed by atoms with E-state index in [4.69, 9.17) is 88.6 Å². The van der Waals surface area contributed by atoms with Crippen molar-refractivity contribution in [1.29, 1.82) is 0 Å². The Bertz CT molecular complexity index is 1480. The molecule has 0 amide bonds. The second-order valence-electron chi connectivity index (χ2n) is 13.6. The summed E-state index contributed by atoms with van der Waals surface area (Å²) in [5.41, 5.74) is -0.239. The van der Waals surface area contributed by atoms with Crippen molar-refractivity contribution in [2.75, 3.05) is 13.2 Å². The van der Waals surface area contributed by atoms with E-state index in [0.29, 0.717) is 10.8 Å². The fourth-order valence-electron chi connectivity index (χ4n) is 4.85. The summed E-state index contributed by atoms with van der Waals surface area (Å²) < 4.78 is 21.3. The van der Waals surface area contributed by atoms with Crippen LogP contribution in [0.25, 0.3) is 0 Å². The number of carbonyl (C=O) groups excluding carboxylic acids is 4. The van der Waals surface area contributed by atoms with Crippen LogP contribution in [0.1, 0.15) is 99.8 Å². The molecule has 262 valence electrons. The van der Waals surface area contributed by atoms with Gasteiger partial charge in [-0.25, -0.2) is 19.2 Å². The molecule has 48 heavy (non-hydrogen) atoms. The molecule has 2 saturated carbocycles. The van der Waals surface area contributed by atoms with Gasteiger partial charge in [-0.15, -0.1) is 0 Å².